The maximum Gasteiger partial charge on any atom is 0.232 e. The van der Waals surface area contributed by atoms with Crippen molar-refractivity contribution in [1.29, 1.82) is 0 Å². The molecule has 8 bridgehead atoms. The Hall–Kier alpha value is -1.43. The first-order valence-corrected chi connectivity index (χ1v) is 13.8. The summed E-state index contributed by atoms with van der Waals surface area (Å²) in [5.41, 5.74) is 1.04. The van der Waals surface area contributed by atoms with Gasteiger partial charge in [-0.3, -0.25) is 9.59 Å². The highest BCUT2D eigenvalue weighted by atomic mass is 32.1. The molecular formula is C26H35N3O2S. The first-order chi connectivity index (χ1) is 15.3. The molecular weight excluding hydrogens is 418 g/mol. The SMILES string of the molecule is CC(=O)NC12CC3CC(C1)CC(C(=O)Nc1nc(C45CC6CC(CC(C6)C4)C5)cs1)(C3)C2. The van der Waals surface area contributed by atoms with E-state index in [0.717, 1.165) is 55.0 Å². The van der Waals surface area contributed by atoms with E-state index in [0.29, 0.717) is 11.8 Å². The molecule has 1 aromatic heterocycles. The molecule has 2 unspecified atom stereocenters. The number of nitrogens with zero attached hydrogens (tertiary/aromatic N) is 1. The minimum absolute atomic E-state index is 0.0441. The second-order valence-electron chi connectivity index (χ2n) is 12.9. The van der Waals surface area contributed by atoms with Gasteiger partial charge in [-0.15, -0.1) is 11.3 Å². The molecule has 0 aliphatic heterocycles. The van der Waals surface area contributed by atoms with Gasteiger partial charge in [-0.2, -0.15) is 0 Å². The molecule has 6 heteroatoms. The van der Waals surface area contributed by atoms with Gasteiger partial charge in [0, 0.05) is 23.3 Å². The molecule has 5 nitrogen and oxygen atoms in total. The van der Waals surface area contributed by atoms with Gasteiger partial charge < -0.3 is 10.6 Å². The lowest BCUT2D eigenvalue weighted by molar-refractivity contribution is -0.148. The predicted octanol–water partition coefficient (Wildman–Crippen LogP) is 5.02. The molecule has 2 N–H and O–H groups in total. The van der Waals surface area contributed by atoms with E-state index in [1.165, 1.54) is 50.6 Å². The number of amides is 2. The molecule has 2 amide bonds. The predicted molar refractivity (Wildman–Crippen MR) is 124 cm³/mol. The van der Waals surface area contributed by atoms with Crippen LogP contribution in [0.5, 0.6) is 0 Å². The molecule has 8 aliphatic carbocycles. The van der Waals surface area contributed by atoms with Crippen LogP contribution in [0.25, 0.3) is 0 Å². The van der Waals surface area contributed by atoms with Gasteiger partial charge in [0.2, 0.25) is 11.8 Å². The van der Waals surface area contributed by atoms with Gasteiger partial charge in [0.1, 0.15) is 0 Å². The van der Waals surface area contributed by atoms with Crippen LogP contribution < -0.4 is 10.6 Å². The van der Waals surface area contributed by atoms with E-state index in [9.17, 15) is 9.59 Å². The number of anilines is 1. The zero-order chi connectivity index (χ0) is 21.7. The number of thiazole rings is 1. The molecule has 0 saturated heterocycles. The topological polar surface area (TPSA) is 71.1 Å². The molecule has 2 atom stereocenters. The molecule has 1 heterocycles. The Morgan fingerprint density at radius 3 is 2.09 bits per heavy atom. The van der Waals surface area contributed by atoms with Crippen LogP contribution in [0.2, 0.25) is 0 Å². The highest BCUT2D eigenvalue weighted by Crippen LogP contribution is 2.63. The summed E-state index contributed by atoms with van der Waals surface area (Å²) in [7, 11) is 0. The average molecular weight is 454 g/mol. The molecule has 8 aliphatic rings. The van der Waals surface area contributed by atoms with E-state index in [1.807, 2.05) is 0 Å². The Bertz CT molecular complexity index is 934. The smallest absolute Gasteiger partial charge is 0.232 e. The largest absolute Gasteiger partial charge is 0.351 e. The summed E-state index contributed by atoms with van der Waals surface area (Å²) in [6, 6.07) is 0. The molecule has 172 valence electrons. The van der Waals surface area contributed by atoms with Crippen molar-refractivity contribution in [2.45, 2.75) is 94.9 Å². The van der Waals surface area contributed by atoms with Gasteiger partial charge in [0.05, 0.1) is 11.1 Å². The van der Waals surface area contributed by atoms with Crippen molar-refractivity contribution in [3.63, 3.8) is 0 Å². The standard InChI is InChI=1S/C26H35N3O2S/c1-15(30)29-26-11-19-5-20(12-26)10-25(9-19,14-26)22(31)28-23-27-21(13-32-23)24-6-16-2-17(7-24)4-18(3-16)8-24/h13,16-20H,2-12,14H2,1H3,(H,29,30)(H,27,28,31). The highest BCUT2D eigenvalue weighted by molar-refractivity contribution is 7.14. The van der Waals surface area contributed by atoms with Crippen LogP contribution in [0.4, 0.5) is 5.13 Å². The third-order valence-electron chi connectivity index (χ3n) is 10.3. The van der Waals surface area contributed by atoms with Crippen molar-refractivity contribution in [3.8, 4) is 0 Å². The second kappa shape index (κ2) is 6.58. The van der Waals surface area contributed by atoms with E-state index in [1.54, 1.807) is 18.3 Å². The van der Waals surface area contributed by atoms with Gasteiger partial charge in [-0.05, 0) is 107 Å². The fraction of sp³-hybridized carbons (Fsp3) is 0.808. The average Bonchev–Trinajstić information content (AvgIpc) is 3.14. The maximum atomic E-state index is 13.7. The fourth-order valence-corrected chi connectivity index (χ4v) is 11.1. The summed E-state index contributed by atoms with van der Waals surface area (Å²) in [4.78, 5) is 30.7. The fourth-order valence-electron chi connectivity index (χ4n) is 10.3. The Kier molecular flexibility index (Phi) is 4.11. The Labute approximate surface area is 194 Å². The number of aromatic nitrogens is 1. The van der Waals surface area contributed by atoms with Crippen molar-refractivity contribution < 1.29 is 9.59 Å². The first-order valence-electron chi connectivity index (χ1n) is 12.9. The molecule has 0 aromatic carbocycles. The molecule has 8 saturated carbocycles. The summed E-state index contributed by atoms with van der Waals surface area (Å²) in [6.07, 6.45) is 14.3. The van der Waals surface area contributed by atoms with Crippen LogP contribution in [-0.2, 0) is 15.0 Å². The number of carbonyl (C=O) groups is 2. The van der Waals surface area contributed by atoms with Crippen LogP contribution in [-0.4, -0.2) is 22.3 Å². The highest BCUT2D eigenvalue weighted by Gasteiger charge is 2.61. The summed E-state index contributed by atoms with van der Waals surface area (Å²) < 4.78 is 0. The number of carbonyl (C=O) groups excluding carboxylic acids is 2. The summed E-state index contributed by atoms with van der Waals surface area (Å²) in [6.45, 7) is 1.62. The van der Waals surface area contributed by atoms with Gasteiger partial charge in [-0.25, -0.2) is 4.98 Å². The minimum atomic E-state index is -0.334. The third-order valence-corrected chi connectivity index (χ3v) is 11.0. The normalized spacial score (nSPS) is 47.6. The van der Waals surface area contributed by atoms with Gasteiger partial charge in [-0.1, -0.05) is 0 Å². The number of hydrogen-bond acceptors (Lipinski definition) is 4. The van der Waals surface area contributed by atoms with Crippen LogP contribution in [0.3, 0.4) is 0 Å². The summed E-state index contributed by atoms with van der Waals surface area (Å²) >= 11 is 1.63. The monoisotopic (exact) mass is 453 g/mol. The number of rotatable bonds is 4. The summed E-state index contributed by atoms with van der Waals surface area (Å²) in [5.74, 6) is 4.03. The lowest BCUT2D eigenvalue weighted by atomic mass is 9.46. The number of hydrogen-bond donors (Lipinski definition) is 2. The molecule has 32 heavy (non-hydrogen) atoms. The van der Waals surface area contributed by atoms with Crippen molar-refractivity contribution >= 4 is 28.3 Å². The van der Waals surface area contributed by atoms with Crippen LogP contribution in [0.15, 0.2) is 5.38 Å². The van der Waals surface area contributed by atoms with E-state index < -0.39 is 0 Å². The lowest BCUT2D eigenvalue weighted by Gasteiger charge is -2.61. The minimum Gasteiger partial charge on any atom is -0.351 e. The molecule has 1 aromatic rings. The van der Waals surface area contributed by atoms with E-state index in [2.05, 4.69) is 16.0 Å². The zero-order valence-electron chi connectivity index (χ0n) is 19.1. The molecule has 9 rings (SSSR count). The first kappa shape index (κ1) is 20.0. The summed E-state index contributed by atoms with van der Waals surface area (Å²) in [5, 5.41) is 9.60. The number of nitrogens with one attached hydrogen (secondary N) is 2. The zero-order valence-corrected chi connectivity index (χ0v) is 19.9. The van der Waals surface area contributed by atoms with Crippen LogP contribution in [0.1, 0.15) is 89.7 Å². The van der Waals surface area contributed by atoms with Crippen molar-refractivity contribution in [2.75, 3.05) is 5.32 Å². The molecule has 0 radical (unpaired) electrons. The van der Waals surface area contributed by atoms with Crippen molar-refractivity contribution in [2.24, 2.45) is 35.0 Å². The Morgan fingerprint density at radius 2 is 1.50 bits per heavy atom. The Balaban J connectivity index is 1.12. The van der Waals surface area contributed by atoms with Gasteiger partial charge in [0.15, 0.2) is 5.13 Å². The van der Waals surface area contributed by atoms with E-state index in [4.69, 9.17) is 4.98 Å². The quantitative estimate of drug-likeness (QED) is 0.672. The second-order valence-corrected chi connectivity index (χ2v) is 13.8. The van der Waals surface area contributed by atoms with Crippen LogP contribution in [0, 0.1) is 35.0 Å². The van der Waals surface area contributed by atoms with Gasteiger partial charge >= 0.3 is 0 Å². The molecule has 8 fully saturated rings. The maximum absolute atomic E-state index is 13.7. The third kappa shape index (κ3) is 2.97. The van der Waals surface area contributed by atoms with Crippen molar-refractivity contribution in [1.82, 2.24) is 10.3 Å². The lowest BCUT2D eigenvalue weighted by Crippen LogP contribution is -2.65. The van der Waals surface area contributed by atoms with E-state index >= 15 is 0 Å². The van der Waals surface area contributed by atoms with Crippen molar-refractivity contribution in [3.05, 3.63) is 11.1 Å². The van der Waals surface area contributed by atoms with Gasteiger partial charge in [0.25, 0.3) is 0 Å². The van der Waals surface area contributed by atoms with Crippen LogP contribution >= 0.6 is 11.3 Å². The molecule has 0 spiro atoms. The Morgan fingerprint density at radius 1 is 0.906 bits per heavy atom. The van der Waals surface area contributed by atoms with E-state index in [-0.39, 0.29) is 28.2 Å².